The first kappa shape index (κ1) is 18.9. The molecule has 4 rings (SSSR count). The molecule has 1 N–H and O–H groups in total. The smallest absolute Gasteiger partial charge is 0.173 e. The highest BCUT2D eigenvalue weighted by atomic mass is 35.5. The minimum Gasteiger partial charge on any atom is -0.359 e. The molecule has 2 aromatic rings. The van der Waals surface area contributed by atoms with Crippen molar-refractivity contribution in [1.29, 1.82) is 0 Å². The Labute approximate surface area is 177 Å². The zero-order chi connectivity index (χ0) is 19.5. The lowest BCUT2D eigenvalue weighted by Crippen LogP contribution is -2.30. The molecule has 0 unspecified atom stereocenters. The lowest BCUT2D eigenvalue weighted by Gasteiger charge is -2.28. The number of nitrogens with zero attached hydrogens (tertiary/aromatic N) is 2. The minimum absolute atomic E-state index is 0.00308. The molecule has 28 heavy (non-hydrogen) atoms. The van der Waals surface area contributed by atoms with Gasteiger partial charge in [-0.2, -0.15) is 0 Å². The Morgan fingerprint density at radius 3 is 2.71 bits per heavy atom. The van der Waals surface area contributed by atoms with Gasteiger partial charge in [0.1, 0.15) is 0 Å². The van der Waals surface area contributed by atoms with E-state index in [9.17, 15) is 4.79 Å². The molecule has 2 aliphatic rings. The number of carbonyl (C=O) groups excluding carboxylic acids is 1. The third-order valence-electron chi connectivity index (χ3n) is 4.13. The fraction of sp³-hybridized carbons (Fsp3) is 0.0476. The van der Waals surface area contributed by atoms with E-state index in [1.165, 1.54) is 11.8 Å². The van der Waals surface area contributed by atoms with Crippen LogP contribution < -0.4 is 10.2 Å². The molecule has 140 valence electrons. The SMILES string of the molecule is O=C(CSC1=NC2=CC=CNC2=CN1c1ccc(Cl)cc1)c1cccc(Cl)c1. The molecule has 0 amide bonds. The van der Waals surface area contributed by atoms with Crippen LogP contribution in [0.4, 0.5) is 5.69 Å². The maximum atomic E-state index is 12.6. The monoisotopic (exact) mass is 427 g/mol. The van der Waals surface area contributed by atoms with Gasteiger partial charge >= 0.3 is 0 Å². The summed E-state index contributed by atoms with van der Waals surface area (Å²) < 4.78 is 0. The minimum atomic E-state index is -0.00308. The van der Waals surface area contributed by atoms with Crippen LogP contribution in [-0.2, 0) is 0 Å². The van der Waals surface area contributed by atoms with Gasteiger partial charge in [0.05, 0.1) is 17.1 Å². The number of halogens is 2. The molecule has 0 saturated heterocycles. The third kappa shape index (κ3) is 4.17. The van der Waals surface area contributed by atoms with Crippen LogP contribution in [0.15, 0.2) is 89.5 Å². The quantitative estimate of drug-likeness (QED) is 0.642. The summed E-state index contributed by atoms with van der Waals surface area (Å²) in [5, 5.41) is 5.12. The maximum absolute atomic E-state index is 12.6. The van der Waals surface area contributed by atoms with Crippen LogP contribution in [0.5, 0.6) is 0 Å². The van der Waals surface area contributed by atoms with Gasteiger partial charge in [-0.25, -0.2) is 4.99 Å². The highest BCUT2D eigenvalue weighted by Gasteiger charge is 2.22. The van der Waals surface area contributed by atoms with Crippen molar-refractivity contribution >= 4 is 51.6 Å². The van der Waals surface area contributed by atoms with E-state index in [4.69, 9.17) is 28.2 Å². The van der Waals surface area contributed by atoms with Crippen molar-refractivity contribution in [3.63, 3.8) is 0 Å². The number of dihydropyridines is 1. The second kappa shape index (κ2) is 8.27. The van der Waals surface area contributed by atoms with Crippen molar-refractivity contribution in [2.45, 2.75) is 0 Å². The number of hydrogen-bond donors (Lipinski definition) is 1. The number of amidine groups is 1. The first-order chi connectivity index (χ1) is 13.6. The number of allylic oxidation sites excluding steroid dienone is 2. The summed E-state index contributed by atoms with van der Waals surface area (Å²) in [6.07, 6.45) is 7.65. The summed E-state index contributed by atoms with van der Waals surface area (Å²) in [5.41, 5.74) is 3.22. The number of fused-ring (bicyclic) bond motifs is 1. The molecular formula is C21H15Cl2N3OS. The first-order valence-corrected chi connectivity index (χ1v) is 10.2. The number of anilines is 1. The first-order valence-electron chi connectivity index (χ1n) is 8.51. The van der Waals surface area contributed by atoms with Gasteiger partial charge in [0.2, 0.25) is 0 Å². The molecule has 0 aromatic heterocycles. The number of carbonyl (C=O) groups is 1. The third-order valence-corrected chi connectivity index (χ3v) is 5.57. The van der Waals surface area contributed by atoms with E-state index in [0.717, 1.165) is 17.1 Å². The van der Waals surface area contributed by atoms with Crippen LogP contribution in [0, 0.1) is 0 Å². The summed E-state index contributed by atoms with van der Waals surface area (Å²) in [4.78, 5) is 19.3. The fourth-order valence-corrected chi connectivity index (χ4v) is 3.95. The van der Waals surface area contributed by atoms with Crippen molar-refractivity contribution in [2.75, 3.05) is 10.7 Å². The molecule has 0 saturated carbocycles. The highest BCUT2D eigenvalue weighted by Crippen LogP contribution is 2.30. The average Bonchev–Trinajstić information content (AvgIpc) is 2.72. The highest BCUT2D eigenvalue weighted by molar-refractivity contribution is 8.14. The zero-order valence-corrected chi connectivity index (χ0v) is 16.9. The van der Waals surface area contributed by atoms with Crippen LogP contribution in [0.1, 0.15) is 10.4 Å². The Hall–Kier alpha value is -2.47. The predicted molar refractivity (Wildman–Crippen MR) is 118 cm³/mol. The van der Waals surface area contributed by atoms with Gasteiger partial charge in [0.25, 0.3) is 0 Å². The molecule has 0 atom stereocenters. The largest absolute Gasteiger partial charge is 0.359 e. The second-order valence-electron chi connectivity index (χ2n) is 6.06. The lowest BCUT2D eigenvalue weighted by molar-refractivity contribution is 0.102. The summed E-state index contributed by atoms with van der Waals surface area (Å²) in [6.45, 7) is 0. The van der Waals surface area contributed by atoms with Crippen LogP contribution in [-0.4, -0.2) is 16.7 Å². The van der Waals surface area contributed by atoms with Crippen molar-refractivity contribution in [1.82, 2.24) is 5.32 Å². The zero-order valence-electron chi connectivity index (χ0n) is 14.6. The van der Waals surface area contributed by atoms with Crippen molar-refractivity contribution in [3.8, 4) is 0 Å². The van der Waals surface area contributed by atoms with E-state index >= 15 is 0 Å². The number of Topliss-reactive ketones (excluding diaryl/α,β-unsaturated/α-hetero) is 1. The van der Waals surface area contributed by atoms with E-state index in [-0.39, 0.29) is 11.5 Å². The molecule has 0 fully saturated rings. The van der Waals surface area contributed by atoms with Gasteiger partial charge in [-0.15, -0.1) is 0 Å². The molecule has 0 aliphatic carbocycles. The summed E-state index contributed by atoms with van der Waals surface area (Å²) >= 11 is 13.4. The van der Waals surface area contributed by atoms with E-state index in [2.05, 4.69) is 5.32 Å². The normalized spacial score (nSPS) is 15.2. The van der Waals surface area contributed by atoms with Gasteiger partial charge in [-0.05, 0) is 48.6 Å². The van der Waals surface area contributed by atoms with Crippen LogP contribution in [0.3, 0.4) is 0 Å². The van der Waals surface area contributed by atoms with E-state index < -0.39 is 0 Å². The summed E-state index contributed by atoms with van der Waals surface area (Å²) in [5.74, 6) is 0.250. The molecule has 0 bridgehead atoms. The van der Waals surface area contributed by atoms with Crippen molar-refractivity contribution in [2.24, 2.45) is 4.99 Å². The summed E-state index contributed by atoms with van der Waals surface area (Å²) in [7, 11) is 0. The fourth-order valence-electron chi connectivity index (χ4n) is 2.75. The Morgan fingerprint density at radius 1 is 1.11 bits per heavy atom. The molecule has 2 aromatic carbocycles. The van der Waals surface area contributed by atoms with Gasteiger partial charge < -0.3 is 5.32 Å². The van der Waals surface area contributed by atoms with Crippen LogP contribution in [0.25, 0.3) is 0 Å². The molecule has 4 nitrogen and oxygen atoms in total. The standard InChI is InChI=1S/C21H15Cl2N3OS/c22-15-6-8-17(9-7-15)26-12-19-18(5-2-10-24-19)25-21(26)28-13-20(27)14-3-1-4-16(23)11-14/h1-12,24H,13H2. The Kier molecular flexibility index (Phi) is 5.57. The van der Waals surface area contributed by atoms with Crippen molar-refractivity contribution in [3.05, 3.63) is 100 Å². The van der Waals surface area contributed by atoms with Crippen LogP contribution in [0.2, 0.25) is 10.0 Å². The van der Waals surface area contributed by atoms with E-state index in [1.54, 1.807) is 24.3 Å². The Morgan fingerprint density at radius 2 is 1.93 bits per heavy atom. The number of ketones is 1. The van der Waals surface area contributed by atoms with E-state index in [0.29, 0.717) is 20.8 Å². The molecule has 7 heteroatoms. The maximum Gasteiger partial charge on any atom is 0.173 e. The number of hydrogen-bond acceptors (Lipinski definition) is 5. The lowest BCUT2D eigenvalue weighted by atomic mass is 10.1. The Balaban J connectivity index is 1.59. The molecule has 0 radical (unpaired) electrons. The van der Waals surface area contributed by atoms with Gasteiger partial charge in [0, 0.05) is 33.7 Å². The average molecular weight is 428 g/mol. The molecule has 2 aliphatic heterocycles. The molecule has 2 heterocycles. The predicted octanol–water partition coefficient (Wildman–Crippen LogP) is 5.63. The topological polar surface area (TPSA) is 44.7 Å². The van der Waals surface area contributed by atoms with Gasteiger partial charge in [-0.3, -0.25) is 9.69 Å². The summed E-state index contributed by atoms with van der Waals surface area (Å²) in [6, 6.07) is 14.5. The number of aliphatic imine (C=N–C) groups is 1. The van der Waals surface area contributed by atoms with Crippen LogP contribution >= 0.6 is 35.0 Å². The second-order valence-corrected chi connectivity index (χ2v) is 7.88. The molecule has 0 spiro atoms. The van der Waals surface area contributed by atoms with Gasteiger partial charge in [-0.1, -0.05) is 47.1 Å². The van der Waals surface area contributed by atoms with Gasteiger partial charge in [0.15, 0.2) is 11.0 Å². The Bertz CT molecular complexity index is 1040. The number of rotatable bonds is 4. The van der Waals surface area contributed by atoms with Crippen molar-refractivity contribution < 1.29 is 4.79 Å². The number of thioether (sulfide) groups is 1. The number of benzene rings is 2. The van der Waals surface area contributed by atoms with E-state index in [1.807, 2.05) is 53.7 Å². The number of nitrogens with one attached hydrogen (secondary N) is 1. The molecular weight excluding hydrogens is 413 g/mol.